The summed E-state index contributed by atoms with van der Waals surface area (Å²) in [5, 5.41) is 0. The number of thioether (sulfide) groups is 1. The molecule has 3 aliphatic rings. The Morgan fingerprint density at radius 2 is 1.72 bits per heavy atom. The van der Waals surface area contributed by atoms with Crippen molar-refractivity contribution in [2.24, 2.45) is 0 Å². The second-order valence-electron chi connectivity index (χ2n) is 10.1. The van der Waals surface area contributed by atoms with E-state index in [1.807, 2.05) is 36.0 Å². The summed E-state index contributed by atoms with van der Waals surface area (Å²) in [6, 6.07) is 24.8. The van der Waals surface area contributed by atoms with Crippen LogP contribution in [0.2, 0.25) is 0 Å². The Bertz CT molecular complexity index is 1550. The van der Waals surface area contributed by atoms with E-state index in [0.717, 1.165) is 29.6 Å². The molecule has 3 aromatic carbocycles. The average Bonchev–Trinajstić information content (AvgIpc) is 3.73. The molecule has 3 heterocycles. The highest BCUT2D eigenvalue weighted by atomic mass is 32.2. The van der Waals surface area contributed by atoms with E-state index in [9.17, 15) is 4.79 Å². The predicted octanol–water partition coefficient (Wildman–Crippen LogP) is 7.68. The number of ether oxygens (including phenoxy) is 2. The quantitative estimate of drug-likeness (QED) is 0.249. The first-order chi connectivity index (χ1) is 19.0. The monoisotopic (exact) mass is 533 g/mol. The largest absolute Gasteiger partial charge is 0.465 e. The van der Waals surface area contributed by atoms with Crippen molar-refractivity contribution in [2.45, 2.75) is 36.9 Å². The topological polar surface area (TPSA) is 42.1 Å². The molecule has 0 radical (unpaired) electrons. The molecular weight excluding hydrogens is 502 g/mol. The molecule has 0 saturated carbocycles. The molecule has 39 heavy (non-hydrogen) atoms. The van der Waals surface area contributed by atoms with E-state index in [0.29, 0.717) is 5.56 Å². The molecule has 2 unspecified atom stereocenters. The standard InChI is InChI=1S/C34H31NO3S/c1-22-33(38-22)29-17-16-24-8-4-7-11-31(24)39-32(29)21-27(23-12-14-25(15-13-23)34(36)37-3)20-26-18-19-35(2)30-10-6-5-9-28(26)30/h4-15,18-22,33H,16-17H2,1-3H3/b26-20+,27-21-. The minimum absolute atomic E-state index is 0.164. The van der Waals surface area contributed by atoms with E-state index in [1.165, 1.54) is 39.3 Å². The van der Waals surface area contributed by atoms with Crippen molar-refractivity contribution in [3.63, 3.8) is 0 Å². The van der Waals surface area contributed by atoms with Gasteiger partial charge < -0.3 is 14.4 Å². The fourth-order valence-corrected chi connectivity index (χ4v) is 6.51. The van der Waals surface area contributed by atoms with Gasteiger partial charge in [-0.2, -0.15) is 0 Å². The summed E-state index contributed by atoms with van der Waals surface area (Å²) in [7, 11) is 3.48. The third-order valence-electron chi connectivity index (χ3n) is 7.54. The van der Waals surface area contributed by atoms with Crippen LogP contribution < -0.4 is 4.90 Å². The lowest BCUT2D eigenvalue weighted by molar-refractivity contribution is 0.0600. The van der Waals surface area contributed by atoms with Gasteiger partial charge in [-0.1, -0.05) is 60.3 Å². The number of esters is 1. The maximum Gasteiger partial charge on any atom is 0.337 e. The fraction of sp³-hybridized carbons (Fsp3) is 0.206. The lowest BCUT2D eigenvalue weighted by atomic mass is 9.94. The number of fused-ring (bicyclic) bond motifs is 2. The number of benzene rings is 3. The lowest BCUT2D eigenvalue weighted by Crippen LogP contribution is -2.13. The van der Waals surface area contributed by atoms with Gasteiger partial charge in [0.05, 0.1) is 18.8 Å². The van der Waals surface area contributed by atoms with Gasteiger partial charge in [-0.15, -0.1) is 0 Å². The van der Waals surface area contributed by atoms with Crippen LogP contribution in [0, 0.1) is 0 Å². The number of hydrogen-bond acceptors (Lipinski definition) is 5. The number of methoxy groups -OCH3 is 1. The van der Waals surface area contributed by atoms with E-state index in [1.54, 1.807) is 0 Å². The number of carbonyl (C=O) groups excluding carboxylic acids is 1. The van der Waals surface area contributed by atoms with Gasteiger partial charge in [-0.3, -0.25) is 0 Å². The van der Waals surface area contributed by atoms with Gasteiger partial charge in [0.2, 0.25) is 0 Å². The first-order valence-corrected chi connectivity index (χ1v) is 14.1. The Kier molecular flexibility index (Phi) is 7.03. The van der Waals surface area contributed by atoms with Gasteiger partial charge in [0.15, 0.2) is 0 Å². The summed E-state index contributed by atoms with van der Waals surface area (Å²) in [5.74, 6) is -0.335. The highest BCUT2D eigenvalue weighted by Gasteiger charge is 2.39. The Morgan fingerprint density at radius 3 is 2.49 bits per heavy atom. The molecule has 0 amide bonds. The van der Waals surface area contributed by atoms with Crippen LogP contribution in [0.25, 0.3) is 11.1 Å². The molecule has 0 aliphatic carbocycles. The van der Waals surface area contributed by atoms with Crippen molar-refractivity contribution in [2.75, 3.05) is 19.1 Å². The second-order valence-corrected chi connectivity index (χ2v) is 11.2. The smallest absolute Gasteiger partial charge is 0.337 e. The first kappa shape index (κ1) is 25.5. The first-order valence-electron chi connectivity index (χ1n) is 13.3. The van der Waals surface area contributed by atoms with Crippen molar-refractivity contribution >= 4 is 34.6 Å². The van der Waals surface area contributed by atoms with Crippen LogP contribution in [0.5, 0.6) is 0 Å². The molecule has 3 aliphatic heterocycles. The normalized spacial score (nSPS) is 21.4. The van der Waals surface area contributed by atoms with Gasteiger partial charge in [0.25, 0.3) is 0 Å². The van der Waals surface area contributed by atoms with Crippen LogP contribution >= 0.6 is 11.8 Å². The van der Waals surface area contributed by atoms with Crippen molar-refractivity contribution in [3.05, 3.63) is 130 Å². The minimum Gasteiger partial charge on any atom is -0.465 e. The summed E-state index contributed by atoms with van der Waals surface area (Å²) >= 11 is 1.83. The molecule has 4 nitrogen and oxygen atoms in total. The van der Waals surface area contributed by atoms with Crippen LogP contribution in [-0.2, 0) is 15.9 Å². The van der Waals surface area contributed by atoms with E-state index < -0.39 is 0 Å². The number of epoxide rings is 1. The number of anilines is 1. The maximum absolute atomic E-state index is 12.1. The SMILES string of the molecule is COC(=O)c1ccc(C(=C\C2=C(C3OC3C)CCc3ccccc3S2)/C=C2\C=CN(C)c3ccccc32)cc1. The van der Waals surface area contributed by atoms with E-state index >= 15 is 0 Å². The third-order valence-corrected chi connectivity index (χ3v) is 8.75. The highest BCUT2D eigenvalue weighted by molar-refractivity contribution is 8.03. The summed E-state index contributed by atoms with van der Waals surface area (Å²) in [6.45, 7) is 2.15. The fourth-order valence-electron chi connectivity index (χ4n) is 5.29. The number of nitrogens with zero attached hydrogens (tertiary/aromatic N) is 1. The molecular formula is C34H31NO3S. The summed E-state index contributed by atoms with van der Waals surface area (Å²) in [4.78, 5) is 16.8. The molecule has 5 heteroatoms. The summed E-state index contributed by atoms with van der Waals surface area (Å²) in [5.41, 5.74) is 8.90. The Labute approximate surface area is 234 Å². The molecule has 2 atom stereocenters. The van der Waals surface area contributed by atoms with Gasteiger partial charge in [0, 0.05) is 34.3 Å². The van der Waals surface area contributed by atoms with Crippen molar-refractivity contribution in [1.82, 2.24) is 0 Å². The van der Waals surface area contributed by atoms with Crippen molar-refractivity contribution < 1.29 is 14.3 Å². The van der Waals surface area contributed by atoms with Crippen LogP contribution in [-0.4, -0.2) is 32.3 Å². The Hall–Kier alpha value is -3.80. The van der Waals surface area contributed by atoms with Gasteiger partial charge in [-0.25, -0.2) is 4.79 Å². The van der Waals surface area contributed by atoms with E-state index in [4.69, 9.17) is 9.47 Å². The lowest BCUT2D eigenvalue weighted by Gasteiger charge is -2.24. The van der Waals surface area contributed by atoms with Gasteiger partial charge >= 0.3 is 5.97 Å². The molecule has 1 fully saturated rings. The number of rotatable bonds is 5. The number of aryl methyl sites for hydroxylation is 1. The zero-order chi connectivity index (χ0) is 26.9. The molecule has 196 valence electrons. The zero-order valence-corrected chi connectivity index (χ0v) is 23.2. The molecule has 0 N–H and O–H groups in total. The van der Waals surface area contributed by atoms with Crippen molar-refractivity contribution in [3.8, 4) is 0 Å². The summed E-state index contributed by atoms with van der Waals surface area (Å²) in [6.07, 6.45) is 11.2. The molecule has 0 bridgehead atoms. The number of para-hydroxylation sites is 1. The van der Waals surface area contributed by atoms with Gasteiger partial charge in [-0.05, 0) is 90.1 Å². The minimum atomic E-state index is -0.335. The average molecular weight is 534 g/mol. The number of hydrogen-bond donors (Lipinski definition) is 0. The Balaban J connectivity index is 1.50. The maximum atomic E-state index is 12.1. The molecule has 6 rings (SSSR count). The molecule has 3 aromatic rings. The molecule has 0 aromatic heterocycles. The second kappa shape index (κ2) is 10.8. The van der Waals surface area contributed by atoms with Crippen LogP contribution in [0.1, 0.15) is 40.4 Å². The predicted molar refractivity (Wildman–Crippen MR) is 160 cm³/mol. The van der Waals surface area contributed by atoms with Crippen LogP contribution in [0.3, 0.4) is 0 Å². The molecule has 0 spiro atoms. The van der Waals surface area contributed by atoms with E-state index in [2.05, 4.69) is 91.8 Å². The van der Waals surface area contributed by atoms with Crippen molar-refractivity contribution in [1.29, 1.82) is 0 Å². The Morgan fingerprint density at radius 1 is 1.00 bits per heavy atom. The van der Waals surface area contributed by atoms with Gasteiger partial charge in [0.1, 0.15) is 6.10 Å². The molecule has 1 saturated heterocycles. The number of carbonyl (C=O) groups is 1. The number of allylic oxidation sites excluding steroid dienone is 5. The van der Waals surface area contributed by atoms with Crippen LogP contribution in [0.15, 0.2) is 113 Å². The highest BCUT2D eigenvalue weighted by Crippen LogP contribution is 2.45. The van der Waals surface area contributed by atoms with Crippen LogP contribution in [0.4, 0.5) is 5.69 Å². The zero-order valence-electron chi connectivity index (χ0n) is 22.4. The summed E-state index contributed by atoms with van der Waals surface area (Å²) < 4.78 is 10.9. The third kappa shape index (κ3) is 5.25. The van der Waals surface area contributed by atoms with E-state index in [-0.39, 0.29) is 18.2 Å².